The third-order valence-corrected chi connectivity index (χ3v) is 3.41. The third-order valence-electron chi connectivity index (χ3n) is 3.19. The van der Waals surface area contributed by atoms with Gasteiger partial charge in [-0.25, -0.2) is 0 Å². The first kappa shape index (κ1) is 14.9. The summed E-state index contributed by atoms with van der Waals surface area (Å²) in [5.74, 6) is -0.321. The average Bonchev–Trinajstić information content (AvgIpc) is 2.45. The number of rotatable bonds is 3. The molecule has 0 radical (unpaired) electrons. The van der Waals surface area contributed by atoms with E-state index in [1.165, 1.54) is 13.1 Å². The maximum atomic E-state index is 12.1. The Hall–Kier alpha value is -2.48. The molecule has 8 heteroatoms. The number of amides is 1. The lowest BCUT2D eigenvalue weighted by Crippen LogP contribution is -2.46. The van der Waals surface area contributed by atoms with Crippen LogP contribution in [0.15, 0.2) is 35.5 Å². The molecule has 0 aliphatic carbocycles. The maximum absolute atomic E-state index is 12.1. The van der Waals surface area contributed by atoms with E-state index in [-0.39, 0.29) is 11.6 Å². The van der Waals surface area contributed by atoms with E-state index in [0.717, 1.165) is 0 Å². The number of carbonyl (C=O) groups excluding carboxylic acids is 1. The standard InChI is InChI=1S/C13H14N4O3S/c1-7-10(12(18)14-2)11(16-13(21)15-7)8-5-3-4-6-9(8)17(19)20/h3-6,11H,1-2H3,(H,14,18)(H2,15,16,21). The zero-order chi connectivity index (χ0) is 15.6. The number of nitro benzene ring substituents is 1. The van der Waals surface area contributed by atoms with Crippen molar-refractivity contribution in [1.29, 1.82) is 0 Å². The summed E-state index contributed by atoms with van der Waals surface area (Å²) < 4.78 is 0. The molecule has 1 unspecified atom stereocenters. The van der Waals surface area contributed by atoms with Crippen molar-refractivity contribution in [3.8, 4) is 0 Å². The Morgan fingerprint density at radius 2 is 2.10 bits per heavy atom. The summed E-state index contributed by atoms with van der Waals surface area (Å²) >= 11 is 5.09. The van der Waals surface area contributed by atoms with Gasteiger partial charge in [-0.15, -0.1) is 0 Å². The summed E-state index contributed by atoms with van der Waals surface area (Å²) in [5.41, 5.74) is 1.28. The largest absolute Gasteiger partial charge is 0.355 e. The average molecular weight is 306 g/mol. The third kappa shape index (κ3) is 2.84. The number of likely N-dealkylation sites (N-methyl/N-ethyl adjacent to an activating group) is 1. The smallest absolute Gasteiger partial charge is 0.275 e. The van der Waals surface area contributed by atoms with Crippen LogP contribution in [-0.4, -0.2) is 23.0 Å². The molecule has 110 valence electrons. The first-order valence-corrected chi connectivity index (χ1v) is 6.60. The molecule has 0 saturated heterocycles. The van der Waals surface area contributed by atoms with Crippen LogP contribution in [0.25, 0.3) is 0 Å². The number of carbonyl (C=O) groups is 1. The zero-order valence-electron chi connectivity index (χ0n) is 11.5. The van der Waals surface area contributed by atoms with Gasteiger partial charge in [0.1, 0.15) is 0 Å². The monoisotopic (exact) mass is 306 g/mol. The van der Waals surface area contributed by atoms with Gasteiger partial charge in [0.15, 0.2) is 5.11 Å². The lowest BCUT2D eigenvalue weighted by atomic mass is 9.94. The van der Waals surface area contributed by atoms with Crippen molar-refractivity contribution in [1.82, 2.24) is 16.0 Å². The SMILES string of the molecule is CNC(=O)C1=C(C)NC(=S)NC1c1ccccc1[N+](=O)[O-]. The van der Waals surface area contributed by atoms with E-state index < -0.39 is 11.0 Å². The van der Waals surface area contributed by atoms with Crippen LogP contribution >= 0.6 is 12.2 Å². The number of hydrogen-bond donors (Lipinski definition) is 3. The van der Waals surface area contributed by atoms with Crippen molar-refractivity contribution >= 4 is 28.9 Å². The quantitative estimate of drug-likeness (QED) is 0.440. The number of nitro groups is 1. The summed E-state index contributed by atoms with van der Waals surface area (Å²) in [7, 11) is 1.51. The molecule has 1 aliphatic rings. The number of nitrogens with one attached hydrogen (secondary N) is 3. The molecular weight excluding hydrogens is 292 g/mol. The predicted octanol–water partition coefficient (Wildman–Crippen LogP) is 1.13. The highest BCUT2D eigenvalue weighted by Gasteiger charge is 2.33. The van der Waals surface area contributed by atoms with Crippen molar-refractivity contribution in [2.45, 2.75) is 13.0 Å². The van der Waals surface area contributed by atoms with Crippen LogP contribution in [-0.2, 0) is 4.79 Å². The molecule has 21 heavy (non-hydrogen) atoms. The molecule has 1 aromatic carbocycles. The molecule has 0 bridgehead atoms. The molecule has 7 nitrogen and oxygen atoms in total. The van der Waals surface area contributed by atoms with Crippen molar-refractivity contribution in [3.63, 3.8) is 0 Å². The topological polar surface area (TPSA) is 96.3 Å². The van der Waals surface area contributed by atoms with Gasteiger partial charge < -0.3 is 16.0 Å². The van der Waals surface area contributed by atoms with Gasteiger partial charge in [0.05, 0.1) is 22.1 Å². The van der Waals surface area contributed by atoms with Gasteiger partial charge in [0.2, 0.25) is 0 Å². The Morgan fingerprint density at radius 1 is 1.43 bits per heavy atom. The molecular formula is C13H14N4O3S. The second kappa shape index (κ2) is 5.88. The minimum Gasteiger partial charge on any atom is -0.355 e. The fourth-order valence-corrected chi connectivity index (χ4v) is 2.53. The fraction of sp³-hybridized carbons (Fsp3) is 0.231. The van der Waals surface area contributed by atoms with Crippen LogP contribution in [0.5, 0.6) is 0 Å². The van der Waals surface area contributed by atoms with Gasteiger partial charge in [-0.3, -0.25) is 14.9 Å². The molecule has 1 heterocycles. The molecule has 3 N–H and O–H groups in total. The molecule has 0 saturated carbocycles. The summed E-state index contributed by atoms with van der Waals surface area (Å²) in [5, 5.41) is 19.8. The summed E-state index contributed by atoms with van der Waals surface area (Å²) in [6, 6.07) is 5.61. The molecule has 1 aromatic rings. The Labute approximate surface area is 126 Å². The minimum atomic E-state index is -0.666. The van der Waals surface area contributed by atoms with Gasteiger partial charge in [0, 0.05) is 18.8 Å². The maximum Gasteiger partial charge on any atom is 0.275 e. The number of benzene rings is 1. The van der Waals surface area contributed by atoms with Crippen molar-refractivity contribution in [3.05, 3.63) is 51.2 Å². The second-order valence-electron chi connectivity index (χ2n) is 4.47. The summed E-state index contributed by atoms with van der Waals surface area (Å²) in [6.45, 7) is 1.71. The minimum absolute atomic E-state index is 0.0612. The van der Waals surface area contributed by atoms with E-state index in [2.05, 4.69) is 16.0 Å². The molecule has 0 aromatic heterocycles. The summed E-state index contributed by atoms with van der Waals surface area (Å²) in [6.07, 6.45) is 0. The number of thiocarbonyl (C=S) groups is 1. The van der Waals surface area contributed by atoms with E-state index in [1.807, 2.05) is 0 Å². The Morgan fingerprint density at radius 3 is 2.71 bits per heavy atom. The van der Waals surface area contributed by atoms with Crippen molar-refractivity contribution in [2.75, 3.05) is 7.05 Å². The molecule has 1 amide bonds. The van der Waals surface area contributed by atoms with E-state index in [0.29, 0.717) is 21.9 Å². The molecule has 2 rings (SSSR count). The number of hydrogen-bond acceptors (Lipinski definition) is 4. The van der Waals surface area contributed by atoms with Crippen molar-refractivity contribution in [2.24, 2.45) is 0 Å². The fourth-order valence-electron chi connectivity index (χ4n) is 2.26. The lowest BCUT2D eigenvalue weighted by molar-refractivity contribution is -0.385. The first-order chi connectivity index (χ1) is 9.95. The van der Waals surface area contributed by atoms with E-state index in [1.54, 1.807) is 25.1 Å². The summed E-state index contributed by atoms with van der Waals surface area (Å²) in [4.78, 5) is 22.8. The molecule has 1 aliphatic heterocycles. The Kier molecular flexibility index (Phi) is 4.18. The van der Waals surface area contributed by atoms with Crippen LogP contribution in [0.4, 0.5) is 5.69 Å². The van der Waals surface area contributed by atoms with Gasteiger partial charge in [-0.2, -0.15) is 0 Å². The number of para-hydroxylation sites is 1. The number of nitrogens with zero attached hydrogens (tertiary/aromatic N) is 1. The highest BCUT2D eigenvalue weighted by atomic mass is 32.1. The van der Waals surface area contributed by atoms with Crippen molar-refractivity contribution < 1.29 is 9.72 Å². The highest BCUT2D eigenvalue weighted by Crippen LogP contribution is 2.32. The highest BCUT2D eigenvalue weighted by molar-refractivity contribution is 7.80. The lowest BCUT2D eigenvalue weighted by Gasteiger charge is -2.29. The second-order valence-corrected chi connectivity index (χ2v) is 4.87. The van der Waals surface area contributed by atoms with Crippen LogP contribution in [0.3, 0.4) is 0 Å². The van der Waals surface area contributed by atoms with Crippen LogP contribution in [0, 0.1) is 10.1 Å². The van der Waals surface area contributed by atoms with E-state index >= 15 is 0 Å². The normalized spacial score (nSPS) is 17.8. The molecule has 0 spiro atoms. The van der Waals surface area contributed by atoms with Gasteiger partial charge in [-0.05, 0) is 25.2 Å². The Balaban J connectivity index is 2.60. The van der Waals surface area contributed by atoms with E-state index in [4.69, 9.17) is 12.2 Å². The number of allylic oxidation sites excluding steroid dienone is 1. The van der Waals surface area contributed by atoms with Gasteiger partial charge in [-0.1, -0.05) is 12.1 Å². The van der Waals surface area contributed by atoms with Crippen LogP contribution in [0.1, 0.15) is 18.5 Å². The molecule has 0 fully saturated rings. The van der Waals surface area contributed by atoms with E-state index in [9.17, 15) is 14.9 Å². The zero-order valence-corrected chi connectivity index (χ0v) is 12.3. The van der Waals surface area contributed by atoms with Gasteiger partial charge in [0.25, 0.3) is 11.6 Å². The van der Waals surface area contributed by atoms with Gasteiger partial charge >= 0.3 is 0 Å². The van der Waals surface area contributed by atoms with Crippen LogP contribution < -0.4 is 16.0 Å². The molecule has 1 atom stereocenters. The Bertz CT molecular complexity index is 657. The first-order valence-electron chi connectivity index (χ1n) is 6.19. The predicted molar refractivity (Wildman–Crippen MR) is 81.5 cm³/mol. The van der Waals surface area contributed by atoms with Crippen LogP contribution in [0.2, 0.25) is 0 Å².